The molecule has 0 saturated heterocycles. The Balaban J connectivity index is 2.53. The van der Waals surface area contributed by atoms with Crippen LogP contribution in [0.5, 0.6) is 11.5 Å². The molecule has 0 radical (unpaired) electrons. The molecule has 1 unspecified atom stereocenters. The Hall–Kier alpha value is -2.00. The van der Waals surface area contributed by atoms with Crippen molar-refractivity contribution in [1.82, 2.24) is 5.32 Å². The van der Waals surface area contributed by atoms with Gasteiger partial charge in [0.15, 0.2) is 0 Å². The molecule has 0 aromatic heterocycles. The fourth-order valence-electron chi connectivity index (χ4n) is 2.62. The Morgan fingerprint density at radius 3 is 2.33 bits per heavy atom. The molecule has 0 amide bonds. The van der Waals surface area contributed by atoms with Gasteiger partial charge in [0.2, 0.25) is 0 Å². The summed E-state index contributed by atoms with van der Waals surface area (Å²) in [6, 6.07) is 12.4. The summed E-state index contributed by atoms with van der Waals surface area (Å²) < 4.78 is 10.8. The second-order valence-electron chi connectivity index (χ2n) is 5.12. The van der Waals surface area contributed by atoms with Crippen LogP contribution < -0.4 is 14.8 Å². The van der Waals surface area contributed by atoms with Crippen LogP contribution in [0.25, 0.3) is 0 Å². The zero-order valence-electron chi connectivity index (χ0n) is 13.4. The maximum Gasteiger partial charge on any atom is 0.127 e. The van der Waals surface area contributed by atoms with Crippen molar-refractivity contribution in [2.24, 2.45) is 0 Å². The van der Waals surface area contributed by atoms with Crippen LogP contribution in [-0.2, 0) is 0 Å². The molecule has 2 aromatic rings. The van der Waals surface area contributed by atoms with Crippen molar-refractivity contribution in [2.45, 2.75) is 19.9 Å². The van der Waals surface area contributed by atoms with Gasteiger partial charge in [-0.25, -0.2) is 0 Å². The lowest BCUT2D eigenvalue weighted by Crippen LogP contribution is -2.19. The third-order valence-corrected chi connectivity index (χ3v) is 4.00. The largest absolute Gasteiger partial charge is 0.497 e. The van der Waals surface area contributed by atoms with E-state index in [1.165, 1.54) is 16.7 Å². The van der Waals surface area contributed by atoms with Crippen LogP contribution in [0.15, 0.2) is 36.4 Å². The number of rotatable bonds is 5. The highest BCUT2D eigenvalue weighted by Crippen LogP contribution is 2.34. The number of aryl methyl sites for hydroxylation is 1. The summed E-state index contributed by atoms with van der Waals surface area (Å²) in [7, 11) is 5.32. The van der Waals surface area contributed by atoms with Gasteiger partial charge in [-0.15, -0.1) is 0 Å². The number of hydrogen-bond acceptors (Lipinski definition) is 3. The summed E-state index contributed by atoms with van der Waals surface area (Å²) in [5.41, 5.74) is 4.96. The summed E-state index contributed by atoms with van der Waals surface area (Å²) in [6.45, 7) is 4.29. The molecule has 0 saturated carbocycles. The van der Waals surface area contributed by atoms with Crippen molar-refractivity contribution in [3.05, 3.63) is 58.7 Å². The average molecular weight is 285 g/mol. The quantitative estimate of drug-likeness (QED) is 0.910. The maximum absolute atomic E-state index is 5.54. The zero-order valence-corrected chi connectivity index (χ0v) is 13.4. The van der Waals surface area contributed by atoms with Gasteiger partial charge in [0.25, 0.3) is 0 Å². The van der Waals surface area contributed by atoms with Gasteiger partial charge in [-0.3, -0.25) is 0 Å². The molecule has 21 heavy (non-hydrogen) atoms. The van der Waals surface area contributed by atoms with E-state index < -0.39 is 0 Å². The molecule has 0 spiro atoms. The monoisotopic (exact) mass is 285 g/mol. The van der Waals surface area contributed by atoms with E-state index in [0.29, 0.717) is 0 Å². The number of ether oxygens (including phenoxy) is 2. The fourth-order valence-corrected chi connectivity index (χ4v) is 2.62. The van der Waals surface area contributed by atoms with E-state index in [1.807, 2.05) is 19.2 Å². The molecule has 3 nitrogen and oxygen atoms in total. The Morgan fingerprint density at radius 1 is 0.952 bits per heavy atom. The van der Waals surface area contributed by atoms with Crippen LogP contribution in [0, 0.1) is 13.8 Å². The second kappa shape index (κ2) is 6.64. The van der Waals surface area contributed by atoms with Gasteiger partial charge in [-0.2, -0.15) is 0 Å². The highest BCUT2D eigenvalue weighted by Gasteiger charge is 2.19. The minimum absolute atomic E-state index is 0.0887. The summed E-state index contributed by atoms with van der Waals surface area (Å²) in [5, 5.41) is 3.39. The molecule has 0 heterocycles. The lowest BCUT2D eigenvalue weighted by Gasteiger charge is -2.23. The lowest BCUT2D eigenvalue weighted by molar-refractivity contribution is 0.388. The summed E-state index contributed by atoms with van der Waals surface area (Å²) in [4.78, 5) is 0. The molecule has 1 N–H and O–H groups in total. The normalized spacial score (nSPS) is 12.0. The first kappa shape index (κ1) is 15.4. The Labute approximate surface area is 126 Å². The van der Waals surface area contributed by atoms with Crippen molar-refractivity contribution < 1.29 is 9.47 Å². The zero-order chi connectivity index (χ0) is 15.4. The van der Waals surface area contributed by atoms with E-state index in [-0.39, 0.29) is 6.04 Å². The molecular formula is C18H23NO2. The molecule has 0 fully saturated rings. The van der Waals surface area contributed by atoms with E-state index in [0.717, 1.165) is 17.1 Å². The fraction of sp³-hybridized carbons (Fsp3) is 0.333. The molecule has 0 aliphatic rings. The molecular weight excluding hydrogens is 262 g/mol. The number of methoxy groups -OCH3 is 2. The van der Waals surface area contributed by atoms with Crippen molar-refractivity contribution in [2.75, 3.05) is 21.3 Å². The first-order valence-corrected chi connectivity index (χ1v) is 7.07. The first-order chi connectivity index (χ1) is 10.1. The minimum atomic E-state index is 0.0887. The smallest absolute Gasteiger partial charge is 0.127 e. The van der Waals surface area contributed by atoms with Gasteiger partial charge in [-0.05, 0) is 49.7 Å². The van der Waals surface area contributed by atoms with Crippen molar-refractivity contribution in [3.63, 3.8) is 0 Å². The van der Waals surface area contributed by atoms with Gasteiger partial charge in [0.05, 0.1) is 20.3 Å². The standard InChI is InChI=1S/C18H23NO2/c1-12-7-6-8-15(13(12)2)18(19-3)16-10-9-14(20-4)11-17(16)21-5/h6-11,18-19H,1-5H3. The third kappa shape index (κ3) is 3.03. The van der Waals surface area contributed by atoms with Gasteiger partial charge in [0, 0.05) is 11.6 Å². The molecule has 0 bridgehead atoms. The van der Waals surface area contributed by atoms with E-state index in [4.69, 9.17) is 9.47 Å². The molecule has 0 aliphatic carbocycles. The van der Waals surface area contributed by atoms with Crippen molar-refractivity contribution in [1.29, 1.82) is 0 Å². The SMILES string of the molecule is CNC(c1ccc(OC)cc1OC)c1cccc(C)c1C. The van der Waals surface area contributed by atoms with Gasteiger partial charge in [-0.1, -0.05) is 18.2 Å². The Morgan fingerprint density at radius 2 is 1.71 bits per heavy atom. The maximum atomic E-state index is 5.54. The predicted octanol–water partition coefficient (Wildman–Crippen LogP) is 3.63. The molecule has 2 rings (SSSR count). The summed E-state index contributed by atoms with van der Waals surface area (Å²) >= 11 is 0. The minimum Gasteiger partial charge on any atom is -0.497 e. The predicted molar refractivity (Wildman–Crippen MR) is 86.4 cm³/mol. The Bertz CT molecular complexity index is 623. The highest BCUT2D eigenvalue weighted by molar-refractivity contribution is 5.48. The number of nitrogens with one attached hydrogen (secondary N) is 1. The van der Waals surface area contributed by atoms with Gasteiger partial charge < -0.3 is 14.8 Å². The lowest BCUT2D eigenvalue weighted by atomic mass is 9.92. The Kier molecular flexibility index (Phi) is 4.86. The number of hydrogen-bond donors (Lipinski definition) is 1. The van der Waals surface area contributed by atoms with E-state index in [2.05, 4.69) is 43.4 Å². The first-order valence-electron chi connectivity index (χ1n) is 7.07. The molecule has 1 atom stereocenters. The molecule has 2 aromatic carbocycles. The molecule has 0 aliphatic heterocycles. The summed E-state index contributed by atoms with van der Waals surface area (Å²) in [6.07, 6.45) is 0. The van der Waals surface area contributed by atoms with Crippen molar-refractivity contribution >= 4 is 0 Å². The van der Waals surface area contributed by atoms with E-state index >= 15 is 0 Å². The van der Waals surface area contributed by atoms with Crippen LogP contribution in [0.1, 0.15) is 28.3 Å². The molecule has 3 heteroatoms. The highest BCUT2D eigenvalue weighted by atomic mass is 16.5. The van der Waals surface area contributed by atoms with Crippen molar-refractivity contribution in [3.8, 4) is 11.5 Å². The molecule has 112 valence electrons. The third-order valence-electron chi connectivity index (χ3n) is 4.00. The van der Waals surface area contributed by atoms with Gasteiger partial charge in [0.1, 0.15) is 11.5 Å². The van der Waals surface area contributed by atoms with Crippen LogP contribution in [0.2, 0.25) is 0 Å². The second-order valence-corrected chi connectivity index (χ2v) is 5.12. The van der Waals surface area contributed by atoms with Crippen LogP contribution in [0.3, 0.4) is 0 Å². The van der Waals surface area contributed by atoms with Crippen LogP contribution in [-0.4, -0.2) is 21.3 Å². The summed E-state index contributed by atoms with van der Waals surface area (Å²) in [5.74, 6) is 1.63. The average Bonchev–Trinajstić information content (AvgIpc) is 2.52. The topological polar surface area (TPSA) is 30.5 Å². The van der Waals surface area contributed by atoms with E-state index in [1.54, 1.807) is 14.2 Å². The number of benzene rings is 2. The van der Waals surface area contributed by atoms with Gasteiger partial charge >= 0.3 is 0 Å². The van der Waals surface area contributed by atoms with Crippen LogP contribution >= 0.6 is 0 Å². The van der Waals surface area contributed by atoms with Crippen LogP contribution in [0.4, 0.5) is 0 Å². The van der Waals surface area contributed by atoms with E-state index in [9.17, 15) is 0 Å².